The number of aromatic nitrogens is 2. The number of likely N-dealkylation sites (tertiary alicyclic amines) is 1. The number of rotatable bonds is 19. The Bertz CT molecular complexity index is 2380. The number of thiazole rings is 1. The molecule has 4 aliphatic rings. The molecular weight excluding hydrogens is 925 g/mol. The molecule has 2 saturated heterocycles. The van der Waals surface area contributed by atoms with Gasteiger partial charge in [0.25, 0.3) is 5.91 Å². The van der Waals surface area contributed by atoms with E-state index in [2.05, 4.69) is 36.5 Å². The summed E-state index contributed by atoms with van der Waals surface area (Å²) in [6, 6.07) is 14.9. The van der Waals surface area contributed by atoms with Crippen LogP contribution >= 0.6 is 35.3 Å². The van der Waals surface area contributed by atoms with E-state index in [0.29, 0.717) is 81.0 Å². The van der Waals surface area contributed by atoms with Crippen molar-refractivity contribution in [3.63, 3.8) is 0 Å². The van der Waals surface area contributed by atoms with Crippen LogP contribution in [0.2, 0.25) is 5.02 Å². The van der Waals surface area contributed by atoms with Crippen LogP contribution < -0.4 is 31.3 Å². The summed E-state index contributed by atoms with van der Waals surface area (Å²) in [5.41, 5.74) is 1.73. The minimum absolute atomic E-state index is 0. The van der Waals surface area contributed by atoms with Crippen LogP contribution in [0.3, 0.4) is 0 Å². The molecule has 0 spiro atoms. The van der Waals surface area contributed by atoms with Gasteiger partial charge in [0.2, 0.25) is 23.6 Å². The van der Waals surface area contributed by atoms with Gasteiger partial charge in [0.15, 0.2) is 16.7 Å². The van der Waals surface area contributed by atoms with Gasteiger partial charge in [-0.25, -0.2) is 14.4 Å². The molecule has 16 nitrogen and oxygen atoms in total. The van der Waals surface area contributed by atoms with Gasteiger partial charge in [-0.1, -0.05) is 29.8 Å². The average Bonchev–Trinajstić information content (AvgIpc) is 3.95. The zero-order valence-corrected chi connectivity index (χ0v) is 39.4. The van der Waals surface area contributed by atoms with Gasteiger partial charge >= 0.3 is 0 Å². The number of nitrogens with one attached hydrogen (secondary N) is 5. The lowest BCUT2D eigenvalue weighted by atomic mass is 9.69. The number of halogens is 3. The van der Waals surface area contributed by atoms with Gasteiger partial charge in [0.1, 0.15) is 11.9 Å². The molecule has 358 valence electrons. The summed E-state index contributed by atoms with van der Waals surface area (Å²) < 4.78 is 26.7. The lowest BCUT2D eigenvalue weighted by molar-refractivity contribution is -0.137. The number of ether oxygens (including phenoxy) is 2. The maximum atomic E-state index is 14.7. The van der Waals surface area contributed by atoms with E-state index in [4.69, 9.17) is 26.1 Å². The molecule has 3 aliphatic heterocycles. The number of fused-ring (bicyclic) bond motifs is 1. The molecule has 1 aliphatic carbocycles. The minimum atomic E-state index is -0.725. The number of hydrogen-bond donors (Lipinski definition) is 5. The third-order valence-electron chi connectivity index (χ3n) is 12.9. The van der Waals surface area contributed by atoms with Crippen molar-refractivity contribution < 1.29 is 37.8 Å². The van der Waals surface area contributed by atoms with Crippen molar-refractivity contribution in [2.24, 2.45) is 5.41 Å². The number of imide groups is 1. The number of benzene rings is 2. The quantitative estimate of drug-likeness (QED) is 0.0542. The van der Waals surface area contributed by atoms with Gasteiger partial charge in [0, 0.05) is 98.7 Å². The molecule has 4 aromatic rings. The Morgan fingerprint density at radius 2 is 1.76 bits per heavy atom. The van der Waals surface area contributed by atoms with E-state index in [1.54, 1.807) is 36.5 Å². The van der Waals surface area contributed by atoms with Crippen LogP contribution in [0.4, 0.5) is 21.0 Å². The molecule has 0 bridgehead atoms. The molecule has 5 heterocycles. The Kier molecular flexibility index (Phi) is 17.2. The van der Waals surface area contributed by atoms with E-state index in [-0.39, 0.29) is 84.8 Å². The van der Waals surface area contributed by atoms with E-state index in [1.165, 1.54) is 22.3 Å². The van der Waals surface area contributed by atoms with Crippen molar-refractivity contribution in [2.45, 2.75) is 88.9 Å². The molecular formula is C47H56Cl2FN9O7S. The second kappa shape index (κ2) is 23.2. The molecule has 20 heteroatoms. The second-order valence-corrected chi connectivity index (χ2v) is 18.6. The maximum absolute atomic E-state index is 14.7. The molecule has 5 amide bonds. The molecule has 0 radical (unpaired) electrons. The standard InChI is InChI=1S/C47H55ClFN9O7S.ClH/c48-35-6-3-8-38(42(35)49)65-32-12-17-47(18-13-32,28-31-4-1-9-39(52-31)55-46-51-21-27-66-46)45(63)53-30-15-22-57(23-16-30)24-26-64-25-20-50-19-14-41(60)54-36-7-2-5-33-34(36)29-58(44(33)62)37-10-11-40(59)56-43(37)61;/h1-9,21,27,30,32,37,50H,10-20,22-26,28-29H2,(H,53,63)(H,54,60)(H,51,52,55)(H,56,59,61);1H. The normalized spacial score (nSPS) is 21.0. The van der Waals surface area contributed by atoms with E-state index in [0.717, 1.165) is 43.3 Å². The lowest BCUT2D eigenvalue weighted by Crippen LogP contribution is -2.52. The van der Waals surface area contributed by atoms with Crippen LogP contribution in [0.25, 0.3) is 0 Å². The highest BCUT2D eigenvalue weighted by Crippen LogP contribution is 2.42. The number of anilines is 3. The van der Waals surface area contributed by atoms with Crippen LogP contribution in [-0.2, 0) is 36.9 Å². The Morgan fingerprint density at radius 1 is 0.970 bits per heavy atom. The Morgan fingerprint density at radius 3 is 2.54 bits per heavy atom. The number of pyridine rings is 1. The average molecular weight is 981 g/mol. The molecule has 3 fully saturated rings. The fourth-order valence-corrected chi connectivity index (χ4v) is 9.91. The SMILES string of the molecule is Cl.O=C1CCC(N2Cc3c(NC(=O)CCNCCOCCN4CCC(NC(=O)C5(Cc6cccc(Nc7nccs7)n6)CCC(Oc6cccc(Cl)c6F)CC5)CC4)cccc3C2=O)C(=O)N1. The monoisotopic (exact) mass is 979 g/mol. The molecule has 8 rings (SSSR count). The fraction of sp³-hybridized carbons (Fsp3) is 0.468. The Labute approximate surface area is 403 Å². The molecule has 1 atom stereocenters. The fourth-order valence-electron chi connectivity index (χ4n) is 9.21. The van der Waals surface area contributed by atoms with Gasteiger partial charge in [-0.2, -0.15) is 0 Å². The number of carbonyl (C=O) groups is 5. The summed E-state index contributed by atoms with van der Waals surface area (Å²) in [7, 11) is 0. The first-order chi connectivity index (χ1) is 32.0. The van der Waals surface area contributed by atoms with Crippen LogP contribution in [0, 0.1) is 11.2 Å². The summed E-state index contributed by atoms with van der Waals surface area (Å²) >= 11 is 7.50. The van der Waals surface area contributed by atoms with Crippen molar-refractivity contribution in [1.29, 1.82) is 0 Å². The molecule has 67 heavy (non-hydrogen) atoms. The van der Waals surface area contributed by atoms with Crippen molar-refractivity contribution in [3.8, 4) is 5.75 Å². The number of nitrogens with zero attached hydrogens (tertiary/aromatic N) is 4. The molecule has 2 aromatic carbocycles. The van der Waals surface area contributed by atoms with Crippen molar-refractivity contribution in [1.82, 2.24) is 35.7 Å². The molecule has 2 aromatic heterocycles. The third kappa shape index (κ3) is 12.7. The first-order valence-electron chi connectivity index (χ1n) is 22.6. The Hall–Kier alpha value is -5.24. The predicted molar refractivity (Wildman–Crippen MR) is 254 cm³/mol. The molecule has 1 unspecified atom stereocenters. The highest BCUT2D eigenvalue weighted by molar-refractivity contribution is 7.13. The first kappa shape index (κ1) is 49.7. The third-order valence-corrected chi connectivity index (χ3v) is 13.8. The smallest absolute Gasteiger partial charge is 0.255 e. The van der Waals surface area contributed by atoms with Crippen LogP contribution in [-0.4, -0.2) is 113 Å². The van der Waals surface area contributed by atoms with Gasteiger partial charge < -0.3 is 40.5 Å². The van der Waals surface area contributed by atoms with Gasteiger partial charge in [-0.15, -0.1) is 23.7 Å². The summed E-state index contributed by atoms with van der Waals surface area (Å²) in [5, 5.41) is 17.8. The zero-order chi connectivity index (χ0) is 46.0. The molecule has 1 saturated carbocycles. The summed E-state index contributed by atoms with van der Waals surface area (Å²) in [4.78, 5) is 77.3. The lowest BCUT2D eigenvalue weighted by Gasteiger charge is -2.41. The second-order valence-electron chi connectivity index (χ2n) is 17.3. The van der Waals surface area contributed by atoms with E-state index >= 15 is 0 Å². The number of hydrogen-bond acceptors (Lipinski definition) is 13. The summed E-state index contributed by atoms with van der Waals surface area (Å²) in [6.07, 6.45) is 6.50. The highest BCUT2D eigenvalue weighted by Gasteiger charge is 2.44. The van der Waals surface area contributed by atoms with Crippen LogP contribution in [0.1, 0.15) is 79.4 Å². The summed E-state index contributed by atoms with van der Waals surface area (Å²) in [5.74, 6) is -1.09. The largest absolute Gasteiger partial charge is 0.487 e. The summed E-state index contributed by atoms with van der Waals surface area (Å²) in [6.45, 7) is 4.66. The predicted octanol–water partition coefficient (Wildman–Crippen LogP) is 6.02. The Balaban J connectivity index is 0.00000666. The van der Waals surface area contributed by atoms with Crippen molar-refractivity contribution in [3.05, 3.63) is 93.8 Å². The van der Waals surface area contributed by atoms with Gasteiger partial charge in [-0.3, -0.25) is 29.3 Å². The van der Waals surface area contributed by atoms with E-state index in [9.17, 15) is 28.4 Å². The maximum Gasteiger partial charge on any atom is 0.255 e. The highest BCUT2D eigenvalue weighted by atomic mass is 35.5. The van der Waals surface area contributed by atoms with Crippen LogP contribution in [0.5, 0.6) is 5.75 Å². The first-order valence-corrected chi connectivity index (χ1v) is 23.9. The van der Waals surface area contributed by atoms with E-state index < -0.39 is 23.2 Å². The topological polar surface area (TPSA) is 196 Å². The van der Waals surface area contributed by atoms with Crippen molar-refractivity contribution in [2.75, 3.05) is 56.6 Å². The van der Waals surface area contributed by atoms with Gasteiger partial charge in [-0.05, 0) is 81.3 Å². The number of carbonyl (C=O) groups excluding carboxylic acids is 5. The zero-order valence-electron chi connectivity index (χ0n) is 37.0. The number of piperidine rings is 2. The van der Waals surface area contributed by atoms with E-state index in [1.807, 2.05) is 23.6 Å². The molecule has 5 N–H and O–H groups in total. The van der Waals surface area contributed by atoms with Crippen LogP contribution in [0.15, 0.2) is 66.2 Å². The minimum Gasteiger partial charge on any atom is -0.487 e. The van der Waals surface area contributed by atoms with Gasteiger partial charge in [0.05, 0.1) is 29.8 Å². The number of amides is 5. The van der Waals surface area contributed by atoms with Crippen molar-refractivity contribution >= 4 is 81.5 Å².